The molecule has 0 saturated heterocycles. The number of fused-ring (bicyclic) bond motifs is 6. The fourth-order valence-electron chi connectivity index (χ4n) is 4.79. The van der Waals surface area contributed by atoms with Gasteiger partial charge in [-0.3, -0.25) is 18.8 Å². The number of esters is 1. The lowest BCUT2D eigenvalue weighted by Gasteiger charge is -2.44. The Morgan fingerprint density at radius 3 is 2.78 bits per heavy atom. The molecule has 0 saturated carbocycles. The van der Waals surface area contributed by atoms with Gasteiger partial charge >= 0.3 is 5.97 Å². The minimum Gasteiger partial charge on any atom is -0.469 e. The number of aryl methyl sites for hydroxylation is 2. The van der Waals surface area contributed by atoms with Gasteiger partial charge in [0.2, 0.25) is 5.72 Å². The zero-order valence-corrected chi connectivity index (χ0v) is 19.4. The Morgan fingerprint density at radius 1 is 1.34 bits per heavy atom. The molecule has 0 aliphatic carbocycles. The summed E-state index contributed by atoms with van der Waals surface area (Å²) in [6.07, 6.45) is 1.88. The molecule has 3 atom stereocenters. The number of rotatable bonds is 3. The number of hydrogen-bond donors (Lipinski definition) is 0. The van der Waals surface area contributed by atoms with E-state index >= 15 is 0 Å². The molecule has 166 valence electrons. The lowest BCUT2D eigenvalue weighted by molar-refractivity contribution is -0.158. The summed E-state index contributed by atoms with van der Waals surface area (Å²) in [5.74, 6) is -0.614. The lowest BCUT2D eigenvalue weighted by atomic mass is 9.81. The van der Waals surface area contributed by atoms with Gasteiger partial charge in [-0.2, -0.15) is 5.10 Å². The van der Waals surface area contributed by atoms with E-state index in [0.29, 0.717) is 15.1 Å². The number of methoxy groups -OCH3 is 1. The van der Waals surface area contributed by atoms with Crippen molar-refractivity contribution < 1.29 is 14.3 Å². The first-order valence-corrected chi connectivity index (χ1v) is 11.3. The van der Waals surface area contributed by atoms with Crippen LogP contribution in [-0.4, -0.2) is 33.2 Å². The quantitative estimate of drug-likeness (QED) is 0.565. The molecule has 0 amide bonds. The first-order valence-electron chi connectivity index (χ1n) is 10.5. The van der Waals surface area contributed by atoms with Crippen LogP contribution < -0.4 is 19.6 Å². The standard InChI is InChI=1S/C23H24N4O4S/c1-6-26-13(3)15(12(2)25-26)11-17-20(28)27-19-14-9-7-8-10-16(14)31-23(4,24-22(27)32-17)18(19)21(29)30-5/h7-11,18-19H,6H2,1-5H3/b17-11+/t18-,19+,23+/m1/s1. The van der Waals surface area contributed by atoms with Crippen molar-refractivity contribution in [2.24, 2.45) is 10.9 Å². The Labute approximate surface area is 188 Å². The van der Waals surface area contributed by atoms with Crippen LogP contribution in [0.25, 0.3) is 6.08 Å². The molecular formula is C23H24N4O4S. The molecule has 1 aromatic carbocycles. The normalized spacial score (nSPS) is 23.7. The van der Waals surface area contributed by atoms with Crippen LogP contribution in [-0.2, 0) is 16.1 Å². The van der Waals surface area contributed by atoms with Crippen LogP contribution in [0, 0.1) is 19.8 Å². The Hall–Kier alpha value is -3.20. The first-order chi connectivity index (χ1) is 15.3. The Bertz CT molecular complexity index is 1430. The highest BCUT2D eigenvalue weighted by molar-refractivity contribution is 7.07. The molecule has 0 fully saturated rings. The zero-order chi connectivity index (χ0) is 22.8. The average molecular weight is 453 g/mol. The second kappa shape index (κ2) is 7.16. The lowest BCUT2D eigenvalue weighted by Crippen LogP contribution is -2.58. The van der Waals surface area contributed by atoms with Crippen molar-refractivity contribution >= 4 is 23.4 Å². The third kappa shape index (κ3) is 2.80. The molecule has 9 heteroatoms. The number of aromatic nitrogens is 3. The van der Waals surface area contributed by atoms with Crippen molar-refractivity contribution in [2.45, 2.75) is 46.0 Å². The highest BCUT2D eigenvalue weighted by atomic mass is 32.1. The topological polar surface area (TPSA) is 87.7 Å². The fraction of sp³-hybridized carbons (Fsp3) is 0.391. The van der Waals surface area contributed by atoms with Crippen LogP contribution in [0.1, 0.15) is 42.4 Å². The van der Waals surface area contributed by atoms with E-state index in [1.165, 1.54) is 18.4 Å². The summed E-state index contributed by atoms with van der Waals surface area (Å²) in [5.41, 5.74) is 2.22. The highest BCUT2D eigenvalue weighted by Gasteiger charge is 2.55. The van der Waals surface area contributed by atoms with Gasteiger partial charge in [-0.15, -0.1) is 0 Å². The second-order valence-electron chi connectivity index (χ2n) is 8.22. The molecule has 4 heterocycles. The molecule has 8 nitrogen and oxygen atoms in total. The van der Waals surface area contributed by atoms with Gasteiger partial charge < -0.3 is 9.47 Å². The minimum absolute atomic E-state index is 0.186. The summed E-state index contributed by atoms with van der Waals surface area (Å²) >= 11 is 1.30. The molecule has 2 aliphatic rings. The molecule has 0 unspecified atom stereocenters. The molecule has 0 radical (unpaired) electrons. The summed E-state index contributed by atoms with van der Waals surface area (Å²) in [7, 11) is 1.34. The van der Waals surface area contributed by atoms with E-state index in [0.717, 1.165) is 29.1 Å². The van der Waals surface area contributed by atoms with E-state index in [1.807, 2.05) is 55.8 Å². The van der Waals surface area contributed by atoms with Crippen LogP contribution in [0.15, 0.2) is 34.1 Å². The Morgan fingerprint density at radius 2 is 2.09 bits per heavy atom. The largest absolute Gasteiger partial charge is 0.469 e. The summed E-state index contributed by atoms with van der Waals surface area (Å²) < 4.78 is 15.4. The van der Waals surface area contributed by atoms with Crippen LogP contribution in [0.5, 0.6) is 5.75 Å². The summed E-state index contributed by atoms with van der Waals surface area (Å²) in [5, 5.41) is 4.55. The number of ether oxygens (including phenoxy) is 2. The summed E-state index contributed by atoms with van der Waals surface area (Å²) in [4.78, 5) is 31.8. The maximum absolute atomic E-state index is 13.6. The summed E-state index contributed by atoms with van der Waals surface area (Å²) in [6.45, 7) is 8.49. The number of thiazole rings is 1. The SMILES string of the molecule is CCn1nc(C)c(/C=c2/sc3n(c2=O)[C@H]2c4ccccc4O[C@](C)(N=3)[C@H]2C(=O)OC)c1C. The van der Waals surface area contributed by atoms with Gasteiger partial charge in [0.05, 0.1) is 23.4 Å². The van der Waals surface area contributed by atoms with Crippen molar-refractivity contribution in [2.75, 3.05) is 7.11 Å². The van der Waals surface area contributed by atoms with E-state index in [4.69, 9.17) is 14.5 Å². The number of carbonyl (C=O) groups excluding carboxylic acids is 1. The van der Waals surface area contributed by atoms with Crippen LogP contribution in [0.2, 0.25) is 0 Å². The third-order valence-corrected chi connectivity index (χ3v) is 7.33. The van der Waals surface area contributed by atoms with Gasteiger partial charge in [0.25, 0.3) is 5.56 Å². The van der Waals surface area contributed by atoms with Crippen molar-refractivity contribution in [3.05, 3.63) is 66.5 Å². The van der Waals surface area contributed by atoms with E-state index < -0.39 is 23.7 Å². The van der Waals surface area contributed by atoms with Crippen molar-refractivity contribution in [1.29, 1.82) is 0 Å². The molecule has 0 spiro atoms. The molecule has 3 aromatic rings. The van der Waals surface area contributed by atoms with Gasteiger partial charge in [-0.05, 0) is 39.8 Å². The van der Waals surface area contributed by atoms with Crippen molar-refractivity contribution in [3.8, 4) is 5.75 Å². The third-order valence-electron chi connectivity index (χ3n) is 6.35. The minimum atomic E-state index is -1.17. The average Bonchev–Trinajstić information content (AvgIpc) is 3.21. The Balaban J connectivity index is 1.80. The predicted octanol–water partition coefficient (Wildman–Crippen LogP) is 1.69. The molecule has 2 aliphatic heterocycles. The van der Waals surface area contributed by atoms with Gasteiger partial charge in [0.1, 0.15) is 11.7 Å². The zero-order valence-electron chi connectivity index (χ0n) is 18.6. The number of para-hydroxylation sites is 1. The smallest absolute Gasteiger partial charge is 0.317 e. The molecule has 2 bridgehead atoms. The van der Waals surface area contributed by atoms with E-state index in [2.05, 4.69) is 5.10 Å². The van der Waals surface area contributed by atoms with Crippen LogP contribution in [0.3, 0.4) is 0 Å². The fourth-order valence-corrected chi connectivity index (χ4v) is 5.87. The van der Waals surface area contributed by atoms with E-state index in [1.54, 1.807) is 11.5 Å². The van der Waals surface area contributed by atoms with Gasteiger partial charge in [0.15, 0.2) is 4.80 Å². The first kappa shape index (κ1) is 20.7. The number of benzene rings is 1. The molecule has 5 rings (SSSR count). The molecular weight excluding hydrogens is 428 g/mol. The van der Waals surface area contributed by atoms with Crippen LogP contribution >= 0.6 is 11.3 Å². The predicted molar refractivity (Wildman–Crippen MR) is 119 cm³/mol. The monoisotopic (exact) mass is 452 g/mol. The molecule has 2 aromatic heterocycles. The van der Waals surface area contributed by atoms with Crippen LogP contribution in [0.4, 0.5) is 0 Å². The van der Waals surface area contributed by atoms with Gasteiger partial charge in [-0.1, -0.05) is 29.5 Å². The maximum atomic E-state index is 13.6. The molecule has 32 heavy (non-hydrogen) atoms. The summed E-state index contributed by atoms with van der Waals surface area (Å²) in [6, 6.07) is 6.91. The Kier molecular flexibility index (Phi) is 4.63. The second-order valence-corrected chi connectivity index (χ2v) is 9.23. The van der Waals surface area contributed by atoms with E-state index in [-0.39, 0.29) is 5.56 Å². The number of hydrogen-bond acceptors (Lipinski definition) is 7. The number of carbonyl (C=O) groups is 1. The van der Waals surface area contributed by atoms with Crippen molar-refractivity contribution in [1.82, 2.24) is 14.3 Å². The highest BCUT2D eigenvalue weighted by Crippen LogP contribution is 2.47. The van der Waals surface area contributed by atoms with Gasteiger partial charge in [0, 0.05) is 23.4 Å². The maximum Gasteiger partial charge on any atom is 0.317 e. The van der Waals surface area contributed by atoms with Crippen molar-refractivity contribution in [3.63, 3.8) is 0 Å². The number of nitrogens with zero attached hydrogens (tertiary/aromatic N) is 4. The van der Waals surface area contributed by atoms with Gasteiger partial charge in [-0.25, -0.2) is 4.99 Å². The van der Waals surface area contributed by atoms with E-state index in [9.17, 15) is 9.59 Å². The molecule has 0 N–H and O–H groups in total.